The Bertz CT molecular complexity index is 340. The summed E-state index contributed by atoms with van der Waals surface area (Å²) >= 11 is 9.26. The van der Waals surface area contributed by atoms with E-state index in [9.17, 15) is 0 Å². The van der Waals surface area contributed by atoms with Crippen LogP contribution < -0.4 is 0 Å². The average Bonchev–Trinajstić information content (AvgIpc) is 3.08. The van der Waals surface area contributed by atoms with Crippen LogP contribution in [0.3, 0.4) is 0 Å². The number of hydrogen-bond acceptors (Lipinski definition) is 2. The molecule has 0 atom stereocenters. The molecule has 0 spiro atoms. The van der Waals surface area contributed by atoms with E-state index in [4.69, 9.17) is 16.7 Å². The first kappa shape index (κ1) is 12.9. The summed E-state index contributed by atoms with van der Waals surface area (Å²) in [4.78, 5) is 4.33. The third-order valence-corrected chi connectivity index (χ3v) is 3.56. The molecule has 0 amide bonds. The number of aromatic nitrogens is 1. The van der Waals surface area contributed by atoms with Gasteiger partial charge in [0, 0.05) is 11.6 Å². The Morgan fingerprint density at radius 2 is 2.13 bits per heavy atom. The molecule has 4 heteroatoms. The predicted octanol–water partition coefficient (Wildman–Crippen LogP) is 3.89. The fraction of sp³-hybridized carbons (Fsp3) is 0.545. The van der Waals surface area contributed by atoms with E-state index in [1.54, 1.807) is 0 Å². The number of aliphatic hydroxyl groups is 1. The smallest absolute Gasteiger partial charge is 0.0865 e. The Morgan fingerprint density at radius 3 is 2.60 bits per heavy atom. The molecule has 1 saturated carbocycles. The molecule has 2 nitrogen and oxygen atoms in total. The Balaban J connectivity index is 0.000000531. The lowest BCUT2D eigenvalue weighted by Gasteiger charge is -2.05. The van der Waals surface area contributed by atoms with Gasteiger partial charge < -0.3 is 5.11 Å². The van der Waals surface area contributed by atoms with E-state index in [-0.39, 0.29) is 6.61 Å². The molecule has 15 heavy (non-hydrogen) atoms. The fourth-order valence-electron chi connectivity index (χ4n) is 1.26. The highest BCUT2D eigenvalue weighted by atomic mass is 79.9. The Labute approximate surface area is 104 Å². The number of halogens is 2. The lowest BCUT2D eigenvalue weighted by molar-refractivity contribution is 0.275. The summed E-state index contributed by atoms with van der Waals surface area (Å²) in [7, 11) is 0. The van der Waals surface area contributed by atoms with Crippen molar-refractivity contribution in [2.24, 2.45) is 0 Å². The molecule has 0 bridgehead atoms. The number of pyridine rings is 1. The van der Waals surface area contributed by atoms with Crippen molar-refractivity contribution in [2.45, 2.75) is 39.2 Å². The monoisotopic (exact) mass is 291 g/mol. The first-order chi connectivity index (χ1) is 7.22. The van der Waals surface area contributed by atoms with Crippen LogP contribution in [0.25, 0.3) is 0 Å². The van der Waals surface area contributed by atoms with Crippen LogP contribution in [-0.4, -0.2) is 10.1 Å². The minimum Gasteiger partial charge on any atom is -0.390 e. The van der Waals surface area contributed by atoms with Crippen molar-refractivity contribution < 1.29 is 5.11 Å². The van der Waals surface area contributed by atoms with E-state index in [1.807, 2.05) is 19.9 Å². The molecule has 1 aliphatic rings. The summed E-state index contributed by atoms with van der Waals surface area (Å²) in [5.41, 5.74) is 1.65. The van der Waals surface area contributed by atoms with Gasteiger partial charge in [0.15, 0.2) is 0 Å². The van der Waals surface area contributed by atoms with Crippen molar-refractivity contribution in [1.82, 2.24) is 4.98 Å². The summed E-state index contributed by atoms with van der Waals surface area (Å²) in [5, 5.41) is 9.66. The van der Waals surface area contributed by atoms with Gasteiger partial charge in [-0.05, 0) is 34.8 Å². The van der Waals surface area contributed by atoms with Crippen molar-refractivity contribution in [2.75, 3.05) is 0 Å². The Hall–Kier alpha value is -0.120. The number of rotatable bonds is 2. The first-order valence-corrected chi connectivity index (χ1v) is 6.35. The Kier molecular flexibility index (Phi) is 5.03. The summed E-state index contributed by atoms with van der Waals surface area (Å²) < 4.78 is 0.709. The molecule has 0 aromatic carbocycles. The van der Waals surface area contributed by atoms with Crippen molar-refractivity contribution in [3.63, 3.8) is 0 Å². The zero-order valence-corrected chi connectivity index (χ0v) is 11.3. The molecule has 0 unspecified atom stereocenters. The molecule has 2 rings (SSSR count). The van der Waals surface area contributed by atoms with E-state index in [2.05, 4.69) is 20.9 Å². The summed E-state index contributed by atoms with van der Waals surface area (Å²) in [6.45, 7) is 3.93. The topological polar surface area (TPSA) is 33.1 Å². The van der Waals surface area contributed by atoms with Crippen molar-refractivity contribution in [3.8, 4) is 0 Å². The lowest BCUT2D eigenvalue weighted by atomic mass is 10.2. The van der Waals surface area contributed by atoms with Gasteiger partial charge in [-0.25, -0.2) is 0 Å². The number of aliphatic hydroxyl groups excluding tert-OH is 1. The molecule has 84 valence electrons. The lowest BCUT2D eigenvalue weighted by Crippen LogP contribution is -1.96. The van der Waals surface area contributed by atoms with Crippen LogP contribution in [0, 0.1) is 0 Å². The van der Waals surface area contributed by atoms with Crippen LogP contribution in [0.2, 0.25) is 5.02 Å². The molecular weight excluding hydrogens is 277 g/mol. The average molecular weight is 293 g/mol. The highest BCUT2D eigenvalue weighted by molar-refractivity contribution is 9.10. The second kappa shape index (κ2) is 5.83. The minimum absolute atomic E-state index is 0.0686. The van der Waals surface area contributed by atoms with Crippen LogP contribution in [0.1, 0.15) is 44.0 Å². The number of hydrogen-bond donors (Lipinski definition) is 1. The molecule has 1 aliphatic carbocycles. The van der Waals surface area contributed by atoms with Crippen LogP contribution in [0.4, 0.5) is 0 Å². The molecule has 0 radical (unpaired) electrons. The maximum absolute atomic E-state index is 9.02. The molecule has 1 aromatic heterocycles. The van der Waals surface area contributed by atoms with E-state index < -0.39 is 0 Å². The maximum Gasteiger partial charge on any atom is 0.0865 e. The molecule has 1 aromatic rings. The summed E-state index contributed by atoms with van der Waals surface area (Å²) in [6, 6.07) is 1.88. The van der Waals surface area contributed by atoms with Crippen molar-refractivity contribution >= 4 is 27.5 Å². The van der Waals surface area contributed by atoms with Crippen molar-refractivity contribution in [1.29, 1.82) is 0 Å². The third-order valence-electron chi connectivity index (χ3n) is 2.15. The van der Waals surface area contributed by atoms with Gasteiger partial charge in [-0.2, -0.15) is 0 Å². The van der Waals surface area contributed by atoms with Crippen LogP contribution in [-0.2, 0) is 6.61 Å². The minimum atomic E-state index is -0.0686. The van der Waals surface area contributed by atoms with Gasteiger partial charge in [0.05, 0.1) is 21.8 Å². The highest BCUT2D eigenvalue weighted by Gasteiger charge is 2.26. The van der Waals surface area contributed by atoms with Gasteiger partial charge in [-0.3, -0.25) is 4.98 Å². The first-order valence-electron chi connectivity index (χ1n) is 5.18. The highest BCUT2D eigenvalue weighted by Crippen LogP contribution is 2.41. The fourth-order valence-corrected chi connectivity index (χ4v) is 1.81. The number of nitrogens with zero attached hydrogens (tertiary/aromatic N) is 1. The second-order valence-electron chi connectivity index (χ2n) is 3.22. The third kappa shape index (κ3) is 3.16. The predicted molar refractivity (Wildman–Crippen MR) is 66.2 cm³/mol. The van der Waals surface area contributed by atoms with Gasteiger partial charge in [0.1, 0.15) is 0 Å². The summed E-state index contributed by atoms with van der Waals surface area (Å²) in [6.07, 6.45) is 2.38. The van der Waals surface area contributed by atoms with E-state index in [1.165, 1.54) is 12.8 Å². The molecule has 0 aliphatic heterocycles. The van der Waals surface area contributed by atoms with Crippen LogP contribution >= 0.6 is 27.5 Å². The molecule has 1 heterocycles. The van der Waals surface area contributed by atoms with Gasteiger partial charge in [-0.1, -0.05) is 25.4 Å². The normalized spacial score (nSPS) is 14.5. The quantitative estimate of drug-likeness (QED) is 0.897. The SMILES string of the molecule is CC.OCc1nc(C2CC2)cc(Cl)c1Br. The van der Waals surface area contributed by atoms with Crippen molar-refractivity contribution in [3.05, 3.63) is 26.9 Å². The van der Waals surface area contributed by atoms with Crippen LogP contribution in [0.15, 0.2) is 10.5 Å². The van der Waals surface area contributed by atoms with Gasteiger partial charge in [-0.15, -0.1) is 0 Å². The largest absolute Gasteiger partial charge is 0.390 e. The van der Waals surface area contributed by atoms with E-state index in [0.717, 1.165) is 5.69 Å². The van der Waals surface area contributed by atoms with E-state index in [0.29, 0.717) is 21.1 Å². The zero-order chi connectivity index (χ0) is 11.4. The van der Waals surface area contributed by atoms with Gasteiger partial charge in [0.2, 0.25) is 0 Å². The standard InChI is InChI=1S/C9H9BrClNO.C2H6/c10-9-6(11)3-7(5-1-2-5)12-8(9)4-13;1-2/h3,5,13H,1-2,4H2;1-2H3. The maximum atomic E-state index is 9.02. The van der Waals surface area contributed by atoms with Gasteiger partial charge >= 0.3 is 0 Å². The van der Waals surface area contributed by atoms with E-state index >= 15 is 0 Å². The molecule has 1 fully saturated rings. The molecule has 1 N–H and O–H groups in total. The Morgan fingerprint density at radius 1 is 1.53 bits per heavy atom. The second-order valence-corrected chi connectivity index (χ2v) is 4.42. The molecule has 0 saturated heterocycles. The van der Waals surface area contributed by atoms with Crippen LogP contribution in [0.5, 0.6) is 0 Å². The van der Waals surface area contributed by atoms with Gasteiger partial charge in [0.25, 0.3) is 0 Å². The zero-order valence-electron chi connectivity index (χ0n) is 8.93. The summed E-state index contributed by atoms with van der Waals surface area (Å²) in [5.74, 6) is 0.566. The molecular formula is C11H15BrClNO.